The second-order valence-electron chi connectivity index (χ2n) is 6.64. The molecule has 0 amide bonds. The van der Waals surface area contributed by atoms with Gasteiger partial charge in [0.25, 0.3) is 0 Å². The van der Waals surface area contributed by atoms with Crippen molar-refractivity contribution in [2.45, 2.75) is 25.9 Å². The second kappa shape index (κ2) is 6.50. The Morgan fingerprint density at radius 2 is 2.20 bits per heavy atom. The molecule has 1 saturated heterocycles. The van der Waals surface area contributed by atoms with Crippen LogP contribution in [0.25, 0.3) is 16.9 Å². The lowest BCUT2D eigenvalue weighted by Crippen LogP contribution is -2.33. The molecule has 1 unspecified atom stereocenters. The van der Waals surface area contributed by atoms with Crippen molar-refractivity contribution in [3.8, 4) is 11.3 Å². The lowest BCUT2D eigenvalue weighted by molar-refractivity contribution is 0.246. The summed E-state index contributed by atoms with van der Waals surface area (Å²) in [6.45, 7) is 4.69. The van der Waals surface area contributed by atoms with Crippen LogP contribution in [0.5, 0.6) is 0 Å². The number of fused-ring (bicyclic) bond motifs is 1. The van der Waals surface area contributed by atoms with Gasteiger partial charge in [-0.05, 0) is 33.0 Å². The van der Waals surface area contributed by atoms with E-state index in [1.807, 2.05) is 13.1 Å². The normalized spacial score (nSPS) is 17.7. The molecular formula is C18H21FN6. The quantitative estimate of drug-likeness (QED) is 0.788. The van der Waals surface area contributed by atoms with E-state index in [0.29, 0.717) is 22.9 Å². The Bertz CT molecular complexity index is 882. The van der Waals surface area contributed by atoms with Crippen molar-refractivity contribution < 1.29 is 4.39 Å². The maximum atomic E-state index is 14.2. The van der Waals surface area contributed by atoms with E-state index < -0.39 is 0 Å². The molecule has 1 N–H and O–H groups in total. The van der Waals surface area contributed by atoms with Crippen molar-refractivity contribution in [3.05, 3.63) is 48.1 Å². The van der Waals surface area contributed by atoms with Gasteiger partial charge >= 0.3 is 0 Å². The Balaban J connectivity index is 1.55. The van der Waals surface area contributed by atoms with Crippen LogP contribution in [0.15, 0.2) is 30.9 Å². The van der Waals surface area contributed by atoms with Gasteiger partial charge in [-0.25, -0.2) is 9.37 Å². The van der Waals surface area contributed by atoms with E-state index >= 15 is 0 Å². The molecule has 0 saturated carbocycles. The van der Waals surface area contributed by atoms with Crippen LogP contribution in [0.2, 0.25) is 0 Å². The number of likely N-dealkylation sites (N-methyl/N-ethyl adjacent to an activating group) is 1. The maximum absolute atomic E-state index is 14.2. The molecule has 1 atom stereocenters. The fourth-order valence-electron chi connectivity index (χ4n) is 3.31. The van der Waals surface area contributed by atoms with Crippen LogP contribution in [0.4, 0.5) is 4.39 Å². The summed E-state index contributed by atoms with van der Waals surface area (Å²) in [7, 11) is 2.11. The van der Waals surface area contributed by atoms with E-state index in [0.717, 1.165) is 37.4 Å². The fourth-order valence-corrected chi connectivity index (χ4v) is 3.31. The minimum absolute atomic E-state index is 0.331. The minimum Gasteiger partial charge on any atom is -0.315 e. The molecule has 130 valence electrons. The second-order valence-corrected chi connectivity index (χ2v) is 6.64. The summed E-state index contributed by atoms with van der Waals surface area (Å²) in [5.74, 6) is -0.357. The Morgan fingerprint density at radius 3 is 2.92 bits per heavy atom. The highest BCUT2D eigenvalue weighted by atomic mass is 19.1. The van der Waals surface area contributed by atoms with E-state index in [1.165, 1.54) is 6.07 Å². The SMILES string of the molecule is Cc1cn2cc(-c3cnc(CN(C)C4CCNC4)cn3)cc(F)c2n1. The molecule has 0 radical (unpaired) electrons. The monoisotopic (exact) mass is 340 g/mol. The predicted molar refractivity (Wildman–Crippen MR) is 93.7 cm³/mol. The van der Waals surface area contributed by atoms with Crippen LogP contribution < -0.4 is 5.32 Å². The van der Waals surface area contributed by atoms with Gasteiger partial charge in [-0.3, -0.25) is 14.9 Å². The number of nitrogens with one attached hydrogen (secondary N) is 1. The number of imidazole rings is 1. The van der Waals surface area contributed by atoms with Crippen molar-refractivity contribution in [3.63, 3.8) is 0 Å². The van der Waals surface area contributed by atoms with Gasteiger partial charge in [0, 0.05) is 37.1 Å². The molecule has 1 aliphatic rings. The Hall–Kier alpha value is -2.38. The number of hydrogen-bond donors (Lipinski definition) is 1. The van der Waals surface area contributed by atoms with Crippen molar-refractivity contribution >= 4 is 5.65 Å². The molecule has 1 fully saturated rings. The number of aryl methyl sites for hydroxylation is 1. The molecule has 4 rings (SSSR count). The zero-order valence-corrected chi connectivity index (χ0v) is 14.4. The summed E-state index contributed by atoms with van der Waals surface area (Å²) in [5, 5.41) is 3.37. The van der Waals surface area contributed by atoms with E-state index in [1.54, 1.807) is 23.0 Å². The van der Waals surface area contributed by atoms with Crippen LogP contribution in [0, 0.1) is 12.7 Å². The van der Waals surface area contributed by atoms with Crippen molar-refractivity contribution in [1.29, 1.82) is 0 Å². The zero-order chi connectivity index (χ0) is 17.4. The lowest BCUT2D eigenvalue weighted by Gasteiger charge is -2.22. The van der Waals surface area contributed by atoms with Gasteiger partial charge in [0.15, 0.2) is 11.5 Å². The van der Waals surface area contributed by atoms with Gasteiger partial charge in [-0.2, -0.15) is 0 Å². The van der Waals surface area contributed by atoms with Crippen molar-refractivity contribution in [2.24, 2.45) is 0 Å². The number of rotatable bonds is 4. The molecule has 0 spiro atoms. The predicted octanol–water partition coefficient (Wildman–Crippen LogP) is 2.03. The molecule has 0 bridgehead atoms. The summed E-state index contributed by atoms with van der Waals surface area (Å²) in [6.07, 6.45) is 8.27. The molecule has 3 aromatic rings. The number of halogens is 1. The first kappa shape index (κ1) is 16.1. The van der Waals surface area contributed by atoms with Gasteiger partial charge in [0.1, 0.15) is 0 Å². The Morgan fingerprint density at radius 1 is 1.32 bits per heavy atom. The lowest BCUT2D eigenvalue weighted by atomic mass is 10.2. The van der Waals surface area contributed by atoms with E-state index in [9.17, 15) is 4.39 Å². The van der Waals surface area contributed by atoms with Crippen molar-refractivity contribution in [1.82, 2.24) is 29.6 Å². The molecule has 4 heterocycles. The maximum Gasteiger partial charge on any atom is 0.173 e. The van der Waals surface area contributed by atoms with Gasteiger partial charge in [-0.1, -0.05) is 0 Å². The number of nitrogens with zero attached hydrogens (tertiary/aromatic N) is 5. The number of aromatic nitrogens is 4. The molecular weight excluding hydrogens is 319 g/mol. The molecule has 1 aliphatic heterocycles. The zero-order valence-electron chi connectivity index (χ0n) is 14.4. The average molecular weight is 340 g/mol. The van der Waals surface area contributed by atoms with Gasteiger partial charge in [0.2, 0.25) is 0 Å². The standard InChI is InChI=1S/C18H21FN6/c1-12-9-25-10-13(5-16(19)18(25)23-12)17-8-21-14(6-22-17)11-24(2)15-3-4-20-7-15/h5-6,8-10,15,20H,3-4,7,11H2,1-2H3. The summed E-state index contributed by atoms with van der Waals surface area (Å²) in [6, 6.07) is 2.00. The molecule has 0 aliphatic carbocycles. The van der Waals surface area contributed by atoms with E-state index in [2.05, 4.69) is 32.2 Å². The average Bonchev–Trinajstić information content (AvgIpc) is 3.24. The summed E-state index contributed by atoms with van der Waals surface area (Å²) in [5.41, 5.74) is 3.37. The van der Waals surface area contributed by atoms with E-state index in [-0.39, 0.29) is 5.82 Å². The first-order chi connectivity index (χ1) is 12.1. The highest BCUT2D eigenvalue weighted by Gasteiger charge is 2.19. The third-order valence-electron chi connectivity index (χ3n) is 4.70. The topological polar surface area (TPSA) is 58.4 Å². The number of pyridine rings is 1. The molecule has 6 nitrogen and oxygen atoms in total. The number of hydrogen-bond acceptors (Lipinski definition) is 5. The van der Waals surface area contributed by atoms with Crippen LogP contribution in [-0.4, -0.2) is 50.4 Å². The summed E-state index contributed by atoms with van der Waals surface area (Å²) < 4.78 is 15.9. The Kier molecular flexibility index (Phi) is 4.19. The first-order valence-corrected chi connectivity index (χ1v) is 8.47. The molecule has 0 aromatic carbocycles. The van der Waals surface area contributed by atoms with Crippen LogP contribution >= 0.6 is 0 Å². The Labute approximate surface area is 145 Å². The first-order valence-electron chi connectivity index (χ1n) is 8.47. The van der Waals surface area contributed by atoms with Gasteiger partial charge in [-0.15, -0.1) is 0 Å². The largest absolute Gasteiger partial charge is 0.315 e. The smallest absolute Gasteiger partial charge is 0.173 e. The van der Waals surface area contributed by atoms with Gasteiger partial charge in [0.05, 0.1) is 29.5 Å². The van der Waals surface area contributed by atoms with Crippen LogP contribution in [-0.2, 0) is 6.54 Å². The highest BCUT2D eigenvalue weighted by molar-refractivity contribution is 5.60. The summed E-state index contributed by atoms with van der Waals surface area (Å²) in [4.78, 5) is 15.5. The van der Waals surface area contributed by atoms with Crippen LogP contribution in [0.1, 0.15) is 17.8 Å². The highest BCUT2D eigenvalue weighted by Crippen LogP contribution is 2.20. The summed E-state index contributed by atoms with van der Waals surface area (Å²) >= 11 is 0. The van der Waals surface area contributed by atoms with E-state index in [4.69, 9.17) is 0 Å². The third kappa shape index (κ3) is 3.25. The molecule has 7 heteroatoms. The molecule has 25 heavy (non-hydrogen) atoms. The minimum atomic E-state index is -0.357. The molecule has 3 aromatic heterocycles. The van der Waals surface area contributed by atoms with Gasteiger partial charge < -0.3 is 9.72 Å². The van der Waals surface area contributed by atoms with Crippen molar-refractivity contribution in [2.75, 3.05) is 20.1 Å². The third-order valence-corrected chi connectivity index (χ3v) is 4.70. The fraction of sp³-hybridized carbons (Fsp3) is 0.389. The van der Waals surface area contributed by atoms with Crippen LogP contribution in [0.3, 0.4) is 0 Å².